The lowest BCUT2D eigenvalue weighted by Gasteiger charge is -2.12. The van der Waals surface area contributed by atoms with Crippen molar-refractivity contribution in [2.24, 2.45) is 11.7 Å². The van der Waals surface area contributed by atoms with Crippen LogP contribution < -0.4 is 5.73 Å². The van der Waals surface area contributed by atoms with Gasteiger partial charge in [0.25, 0.3) is 0 Å². The molecule has 2 aromatic rings. The first kappa shape index (κ1) is 12.7. The number of hydrogen-bond acceptors (Lipinski definition) is 4. The molecule has 1 heterocycles. The van der Waals surface area contributed by atoms with Crippen molar-refractivity contribution in [2.75, 3.05) is 0 Å². The molecule has 18 heavy (non-hydrogen) atoms. The van der Waals surface area contributed by atoms with Crippen molar-refractivity contribution in [3.05, 3.63) is 36.0 Å². The maximum atomic E-state index is 13.1. The summed E-state index contributed by atoms with van der Waals surface area (Å²) in [4.78, 5) is 4.22. The number of nitrogens with two attached hydrogens (primary N) is 1. The summed E-state index contributed by atoms with van der Waals surface area (Å²) in [5, 5.41) is 3.83. The monoisotopic (exact) mass is 249 g/mol. The summed E-state index contributed by atoms with van der Waals surface area (Å²) in [6.45, 7) is 4.07. The predicted octanol–water partition coefficient (Wildman–Crippen LogP) is 2.92. The van der Waals surface area contributed by atoms with E-state index in [2.05, 4.69) is 10.1 Å². The molecule has 5 heteroatoms. The van der Waals surface area contributed by atoms with Gasteiger partial charge < -0.3 is 10.3 Å². The molecule has 2 atom stereocenters. The van der Waals surface area contributed by atoms with Gasteiger partial charge in [-0.3, -0.25) is 0 Å². The molecule has 96 valence electrons. The molecule has 0 aliphatic rings. The van der Waals surface area contributed by atoms with Gasteiger partial charge in [0.1, 0.15) is 5.82 Å². The van der Waals surface area contributed by atoms with E-state index in [-0.39, 0.29) is 17.8 Å². The van der Waals surface area contributed by atoms with Crippen molar-refractivity contribution < 1.29 is 8.91 Å². The van der Waals surface area contributed by atoms with Crippen LogP contribution in [0.15, 0.2) is 28.8 Å². The molecule has 0 saturated carbocycles. The lowest BCUT2D eigenvalue weighted by molar-refractivity contribution is 0.312. The van der Waals surface area contributed by atoms with Crippen molar-refractivity contribution >= 4 is 0 Å². The van der Waals surface area contributed by atoms with Gasteiger partial charge in [-0.2, -0.15) is 4.98 Å². The average molecular weight is 249 g/mol. The third-order valence-electron chi connectivity index (χ3n) is 3.07. The highest BCUT2D eigenvalue weighted by molar-refractivity contribution is 5.53. The minimum atomic E-state index is -0.329. The summed E-state index contributed by atoms with van der Waals surface area (Å²) in [7, 11) is 0. The van der Waals surface area contributed by atoms with Crippen LogP contribution >= 0.6 is 0 Å². The van der Waals surface area contributed by atoms with Crippen molar-refractivity contribution in [3.63, 3.8) is 0 Å². The molecule has 4 nitrogen and oxygen atoms in total. The molecular formula is C13H16FN3O. The van der Waals surface area contributed by atoms with Gasteiger partial charge in [-0.25, -0.2) is 4.39 Å². The number of benzene rings is 1. The molecule has 2 N–H and O–H groups in total. The lowest BCUT2D eigenvalue weighted by Crippen LogP contribution is -2.18. The standard InChI is InChI=1S/C13H16FN3O/c1-3-8(2)11(15)13-16-12(17-18-13)9-5-4-6-10(14)7-9/h4-8,11H,3,15H2,1-2H3. The normalized spacial score (nSPS) is 14.4. The summed E-state index contributed by atoms with van der Waals surface area (Å²) >= 11 is 0. The van der Waals surface area contributed by atoms with Gasteiger partial charge in [0, 0.05) is 5.56 Å². The smallest absolute Gasteiger partial charge is 0.244 e. The summed E-state index contributed by atoms with van der Waals surface area (Å²) in [5.74, 6) is 0.683. The zero-order valence-electron chi connectivity index (χ0n) is 10.4. The van der Waals surface area contributed by atoms with Crippen LogP contribution in [-0.4, -0.2) is 10.1 Å². The molecule has 0 bridgehead atoms. The molecule has 0 spiro atoms. The summed E-state index contributed by atoms with van der Waals surface area (Å²) < 4.78 is 18.2. The molecule has 0 aliphatic heterocycles. The van der Waals surface area contributed by atoms with E-state index in [1.165, 1.54) is 12.1 Å². The molecular weight excluding hydrogens is 233 g/mol. The first-order valence-electron chi connectivity index (χ1n) is 5.97. The van der Waals surface area contributed by atoms with Crippen LogP contribution in [0.4, 0.5) is 4.39 Å². The van der Waals surface area contributed by atoms with Gasteiger partial charge in [0.15, 0.2) is 0 Å². The summed E-state index contributed by atoms with van der Waals surface area (Å²) in [5.41, 5.74) is 6.58. The highest BCUT2D eigenvalue weighted by Gasteiger charge is 2.20. The van der Waals surface area contributed by atoms with Crippen LogP contribution in [0.25, 0.3) is 11.4 Å². The third-order valence-corrected chi connectivity index (χ3v) is 3.07. The Balaban J connectivity index is 2.25. The Labute approximate surface area is 105 Å². The van der Waals surface area contributed by atoms with Crippen LogP contribution in [0.2, 0.25) is 0 Å². The maximum absolute atomic E-state index is 13.1. The highest BCUT2D eigenvalue weighted by Crippen LogP contribution is 2.23. The van der Waals surface area contributed by atoms with Crippen molar-refractivity contribution in [3.8, 4) is 11.4 Å². The van der Waals surface area contributed by atoms with Crippen LogP contribution in [0, 0.1) is 11.7 Å². The Morgan fingerprint density at radius 2 is 2.22 bits per heavy atom. The third kappa shape index (κ3) is 2.56. The Hall–Kier alpha value is -1.75. The minimum Gasteiger partial charge on any atom is -0.337 e. The van der Waals surface area contributed by atoms with Crippen LogP contribution in [0.1, 0.15) is 32.2 Å². The van der Waals surface area contributed by atoms with Gasteiger partial charge in [-0.05, 0) is 18.1 Å². The Morgan fingerprint density at radius 3 is 2.89 bits per heavy atom. The van der Waals surface area contributed by atoms with Gasteiger partial charge >= 0.3 is 0 Å². The average Bonchev–Trinajstić information content (AvgIpc) is 2.86. The Morgan fingerprint density at radius 1 is 1.44 bits per heavy atom. The second kappa shape index (κ2) is 5.27. The van der Waals surface area contributed by atoms with E-state index in [1.807, 2.05) is 13.8 Å². The van der Waals surface area contributed by atoms with E-state index in [9.17, 15) is 4.39 Å². The molecule has 2 unspecified atom stereocenters. The number of halogens is 1. The number of nitrogens with zero attached hydrogens (tertiary/aromatic N) is 2. The fourth-order valence-electron chi connectivity index (χ4n) is 1.61. The van der Waals surface area contributed by atoms with Crippen LogP contribution in [-0.2, 0) is 0 Å². The van der Waals surface area contributed by atoms with Crippen molar-refractivity contribution in [1.29, 1.82) is 0 Å². The summed E-state index contributed by atoms with van der Waals surface area (Å²) in [6, 6.07) is 5.78. The fourth-order valence-corrected chi connectivity index (χ4v) is 1.61. The van der Waals surface area contributed by atoms with Gasteiger partial charge in [0.05, 0.1) is 6.04 Å². The fraction of sp³-hybridized carbons (Fsp3) is 0.385. The molecule has 0 fully saturated rings. The van der Waals surface area contributed by atoms with E-state index >= 15 is 0 Å². The first-order valence-corrected chi connectivity index (χ1v) is 5.97. The molecule has 0 saturated heterocycles. The number of aromatic nitrogens is 2. The predicted molar refractivity (Wildman–Crippen MR) is 66.1 cm³/mol. The Bertz CT molecular complexity index is 526. The quantitative estimate of drug-likeness (QED) is 0.904. The number of rotatable bonds is 4. The van der Waals surface area contributed by atoms with E-state index in [0.717, 1.165) is 6.42 Å². The van der Waals surface area contributed by atoms with Crippen molar-refractivity contribution in [1.82, 2.24) is 10.1 Å². The molecule has 0 amide bonds. The first-order chi connectivity index (χ1) is 8.61. The molecule has 1 aromatic heterocycles. The molecule has 0 radical (unpaired) electrons. The van der Waals surface area contributed by atoms with Crippen LogP contribution in [0.3, 0.4) is 0 Å². The van der Waals surface area contributed by atoms with E-state index in [1.54, 1.807) is 12.1 Å². The lowest BCUT2D eigenvalue weighted by atomic mass is 10.0. The maximum Gasteiger partial charge on any atom is 0.244 e. The SMILES string of the molecule is CCC(C)C(N)c1nc(-c2cccc(F)c2)no1. The second-order valence-electron chi connectivity index (χ2n) is 4.38. The van der Waals surface area contributed by atoms with Gasteiger partial charge in [0.2, 0.25) is 11.7 Å². The highest BCUT2D eigenvalue weighted by atomic mass is 19.1. The minimum absolute atomic E-state index is 0.255. The van der Waals surface area contributed by atoms with E-state index < -0.39 is 0 Å². The van der Waals surface area contributed by atoms with E-state index in [4.69, 9.17) is 10.3 Å². The number of hydrogen-bond donors (Lipinski definition) is 1. The zero-order chi connectivity index (χ0) is 13.1. The van der Waals surface area contributed by atoms with Gasteiger partial charge in [-0.1, -0.05) is 37.6 Å². The zero-order valence-corrected chi connectivity index (χ0v) is 10.4. The molecule has 1 aromatic carbocycles. The largest absolute Gasteiger partial charge is 0.337 e. The van der Waals surface area contributed by atoms with Gasteiger partial charge in [-0.15, -0.1) is 0 Å². The summed E-state index contributed by atoms with van der Waals surface area (Å²) in [6.07, 6.45) is 0.929. The molecule has 0 aliphatic carbocycles. The second-order valence-corrected chi connectivity index (χ2v) is 4.38. The van der Waals surface area contributed by atoms with Crippen LogP contribution in [0.5, 0.6) is 0 Å². The molecule has 2 rings (SSSR count). The van der Waals surface area contributed by atoms with Crippen molar-refractivity contribution in [2.45, 2.75) is 26.3 Å². The topological polar surface area (TPSA) is 64.9 Å². The Kier molecular flexibility index (Phi) is 3.72. The van der Waals surface area contributed by atoms with E-state index in [0.29, 0.717) is 17.3 Å².